The van der Waals surface area contributed by atoms with E-state index in [0.29, 0.717) is 44.7 Å². The van der Waals surface area contributed by atoms with Crippen LogP contribution in [0.4, 0.5) is 11.4 Å². The molecule has 4 aromatic carbocycles. The molecule has 0 fully saturated rings. The summed E-state index contributed by atoms with van der Waals surface area (Å²) < 4.78 is 0.892. The number of carbonyl (C=O) groups excluding carboxylic acids is 2. The van der Waals surface area contributed by atoms with Gasteiger partial charge in [-0.15, -0.1) is 11.6 Å². The number of carbonyl (C=O) groups is 2. The molecule has 8 heteroatoms. The molecule has 2 N–H and O–H groups in total. The number of amides is 2. The highest BCUT2D eigenvalue weighted by atomic mass is 127. The smallest absolute Gasteiger partial charge is 0.227 e. The van der Waals surface area contributed by atoms with Crippen molar-refractivity contribution in [3.8, 4) is 11.5 Å². The van der Waals surface area contributed by atoms with Crippen LogP contribution in [0.25, 0.3) is 21.5 Å². The standard InChI is InChI=1S/C33H32ClIN2O4/c34-16-20-18-36(26-14-28(38)22-8-4-6-10-24(22)32(20)26)30(40)12-2-1-3-13-31(41)37-19-21(17-35)33-25-11-7-5-9-23(25)29(39)15-27(33)37/h4-11,14-15,20-21,38-39H,1-3,12-13,16-19H2/t20-,21-/m1/s1. The van der Waals surface area contributed by atoms with Crippen molar-refractivity contribution in [3.63, 3.8) is 0 Å². The van der Waals surface area contributed by atoms with E-state index in [-0.39, 0.29) is 35.1 Å². The maximum atomic E-state index is 13.3. The van der Waals surface area contributed by atoms with Gasteiger partial charge in [0.1, 0.15) is 11.5 Å². The Morgan fingerprint density at radius 3 is 1.63 bits per heavy atom. The molecular formula is C33H32ClIN2O4. The van der Waals surface area contributed by atoms with Gasteiger partial charge in [0, 0.05) is 71.0 Å². The third kappa shape index (κ3) is 5.01. The zero-order valence-electron chi connectivity index (χ0n) is 22.7. The molecule has 0 radical (unpaired) electrons. The summed E-state index contributed by atoms with van der Waals surface area (Å²) in [7, 11) is 0. The number of nitrogens with zero attached hydrogens (tertiary/aromatic N) is 2. The number of hydrogen-bond acceptors (Lipinski definition) is 4. The van der Waals surface area contributed by atoms with Gasteiger partial charge in [-0.05, 0) is 34.7 Å². The second kappa shape index (κ2) is 11.7. The molecule has 0 saturated carbocycles. The molecule has 2 atom stereocenters. The highest BCUT2D eigenvalue weighted by molar-refractivity contribution is 14.1. The lowest BCUT2D eigenvalue weighted by Gasteiger charge is -2.19. The number of phenols is 2. The van der Waals surface area contributed by atoms with Gasteiger partial charge in [-0.3, -0.25) is 9.59 Å². The Bertz CT molecular complexity index is 1540. The van der Waals surface area contributed by atoms with Crippen LogP contribution in [0.2, 0.25) is 0 Å². The highest BCUT2D eigenvalue weighted by Gasteiger charge is 2.35. The van der Waals surface area contributed by atoms with Crippen molar-refractivity contribution in [3.05, 3.63) is 71.8 Å². The van der Waals surface area contributed by atoms with E-state index in [2.05, 4.69) is 22.6 Å². The fourth-order valence-electron chi connectivity index (χ4n) is 6.58. The molecule has 0 bridgehead atoms. The molecule has 6 nitrogen and oxygen atoms in total. The summed E-state index contributed by atoms with van der Waals surface area (Å²) in [4.78, 5) is 30.2. The van der Waals surface area contributed by atoms with E-state index in [4.69, 9.17) is 11.6 Å². The zero-order valence-corrected chi connectivity index (χ0v) is 25.6. The van der Waals surface area contributed by atoms with Crippen molar-refractivity contribution >= 4 is 78.9 Å². The van der Waals surface area contributed by atoms with E-state index < -0.39 is 0 Å². The monoisotopic (exact) mass is 682 g/mol. The Kier molecular flexibility index (Phi) is 8.01. The van der Waals surface area contributed by atoms with Gasteiger partial charge in [0.25, 0.3) is 0 Å². The lowest BCUT2D eigenvalue weighted by atomic mass is 9.95. The molecule has 41 heavy (non-hydrogen) atoms. The lowest BCUT2D eigenvalue weighted by molar-refractivity contribution is -0.119. The number of unbranched alkanes of at least 4 members (excludes halogenated alkanes) is 2. The number of fused-ring (bicyclic) bond motifs is 6. The molecule has 0 saturated heterocycles. The highest BCUT2D eigenvalue weighted by Crippen LogP contribution is 2.47. The molecule has 4 aromatic rings. The van der Waals surface area contributed by atoms with Gasteiger partial charge in [-0.2, -0.15) is 0 Å². The minimum absolute atomic E-state index is 0.0144. The first-order valence-corrected chi connectivity index (χ1v) is 16.2. The Balaban J connectivity index is 1.08. The average molecular weight is 683 g/mol. The lowest BCUT2D eigenvalue weighted by Crippen LogP contribution is -2.30. The van der Waals surface area contributed by atoms with Crippen molar-refractivity contribution in [1.29, 1.82) is 0 Å². The van der Waals surface area contributed by atoms with E-state index in [1.54, 1.807) is 17.0 Å². The van der Waals surface area contributed by atoms with Crippen LogP contribution in [0.5, 0.6) is 11.5 Å². The minimum Gasteiger partial charge on any atom is -0.507 e. The van der Waals surface area contributed by atoms with E-state index in [1.807, 2.05) is 53.4 Å². The molecule has 0 aliphatic carbocycles. The van der Waals surface area contributed by atoms with Crippen LogP contribution in [0, 0.1) is 0 Å². The topological polar surface area (TPSA) is 81.1 Å². The first-order valence-electron chi connectivity index (χ1n) is 14.1. The maximum Gasteiger partial charge on any atom is 0.227 e. The van der Waals surface area contributed by atoms with Crippen LogP contribution >= 0.6 is 34.2 Å². The van der Waals surface area contributed by atoms with Gasteiger partial charge in [0.2, 0.25) is 11.8 Å². The molecule has 2 aliphatic heterocycles. The Morgan fingerprint density at radius 2 is 1.17 bits per heavy atom. The van der Waals surface area contributed by atoms with Gasteiger partial charge < -0.3 is 20.0 Å². The second-order valence-corrected chi connectivity index (χ2v) is 12.2. The summed E-state index contributed by atoms with van der Waals surface area (Å²) in [5, 5.41) is 24.8. The van der Waals surface area contributed by atoms with Gasteiger partial charge in [-0.1, -0.05) is 77.5 Å². The van der Waals surface area contributed by atoms with Gasteiger partial charge in [-0.25, -0.2) is 0 Å². The predicted molar refractivity (Wildman–Crippen MR) is 174 cm³/mol. The van der Waals surface area contributed by atoms with Crippen molar-refractivity contribution in [2.75, 3.05) is 33.2 Å². The van der Waals surface area contributed by atoms with E-state index in [9.17, 15) is 19.8 Å². The summed E-state index contributed by atoms with van der Waals surface area (Å²) in [5.41, 5.74) is 3.74. The largest absolute Gasteiger partial charge is 0.507 e. The number of phenolic OH excluding ortho intramolecular Hbond substituents is 2. The zero-order chi connectivity index (χ0) is 28.7. The van der Waals surface area contributed by atoms with Gasteiger partial charge >= 0.3 is 0 Å². The fraction of sp³-hybridized carbons (Fsp3) is 0.333. The summed E-state index contributed by atoms with van der Waals surface area (Å²) in [6.07, 6.45) is 2.91. The first-order chi connectivity index (χ1) is 19.9. The molecule has 2 heterocycles. The molecular weight excluding hydrogens is 651 g/mol. The van der Waals surface area contributed by atoms with Gasteiger partial charge in [0.05, 0.1) is 11.4 Å². The number of halogens is 2. The molecule has 0 aromatic heterocycles. The van der Waals surface area contributed by atoms with Crippen molar-refractivity contribution in [2.24, 2.45) is 0 Å². The fourth-order valence-corrected chi connectivity index (χ4v) is 7.55. The van der Waals surface area contributed by atoms with Crippen molar-refractivity contribution in [2.45, 2.75) is 43.9 Å². The first kappa shape index (κ1) is 28.1. The number of anilines is 2. The van der Waals surface area contributed by atoms with Gasteiger partial charge in [0.15, 0.2) is 0 Å². The van der Waals surface area contributed by atoms with Crippen LogP contribution in [0.1, 0.15) is 55.1 Å². The van der Waals surface area contributed by atoms with E-state index in [1.165, 1.54) is 0 Å². The molecule has 0 spiro atoms. The number of benzene rings is 4. The van der Waals surface area contributed by atoms with Crippen molar-refractivity contribution < 1.29 is 19.8 Å². The SMILES string of the molecule is O=C(CCCCCC(=O)N1C[C@@H](CI)c2c1cc(O)c1ccccc21)N1C[C@@H](CCl)c2c1cc(O)c1ccccc21. The molecule has 2 amide bonds. The van der Waals surface area contributed by atoms with E-state index >= 15 is 0 Å². The number of hydrogen-bond donors (Lipinski definition) is 2. The minimum atomic E-state index is 0.0144. The second-order valence-electron chi connectivity index (χ2n) is 11.0. The summed E-state index contributed by atoms with van der Waals surface area (Å²) in [6.45, 7) is 1.14. The number of rotatable bonds is 8. The van der Waals surface area contributed by atoms with Crippen LogP contribution < -0.4 is 9.80 Å². The molecule has 2 aliphatic rings. The van der Waals surface area contributed by atoms with E-state index in [0.717, 1.165) is 54.9 Å². The van der Waals surface area contributed by atoms with Crippen LogP contribution in [0.15, 0.2) is 60.7 Å². The molecule has 0 unspecified atom stereocenters. The van der Waals surface area contributed by atoms with Crippen LogP contribution in [0.3, 0.4) is 0 Å². The Hall–Kier alpha value is -3.04. The summed E-state index contributed by atoms with van der Waals surface area (Å²) in [6, 6.07) is 19.0. The average Bonchev–Trinajstić information content (AvgIpc) is 3.55. The Morgan fingerprint density at radius 1 is 0.732 bits per heavy atom. The Labute approximate surface area is 258 Å². The molecule has 212 valence electrons. The number of alkyl halides is 2. The normalized spacial score (nSPS) is 17.8. The maximum absolute atomic E-state index is 13.3. The molecule has 6 rings (SSSR count). The summed E-state index contributed by atoms with van der Waals surface area (Å²) in [5.74, 6) is 1.09. The van der Waals surface area contributed by atoms with Crippen LogP contribution in [-0.4, -0.2) is 45.4 Å². The third-order valence-electron chi connectivity index (χ3n) is 8.55. The number of aromatic hydroxyl groups is 2. The van der Waals surface area contributed by atoms with Crippen molar-refractivity contribution in [1.82, 2.24) is 0 Å². The van der Waals surface area contributed by atoms with Crippen LogP contribution in [-0.2, 0) is 9.59 Å². The quantitative estimate of drug-likeness (QED) is 0.114. The third-order valence-corrected chi connectivity index (χ3v) is 9.98. The predicted octanol–water partition coefficient (Wildman–Crippen LogP) is 7.59. The summed E-state index contributed by atoms with van der Waals surface area (Å²) >= 11 is 8.69.